The van der Waals surface area contributed by atoms with E-state index in [-0.39, 0.29) is 24.3 Å². The van der Waals surface area contributed by atoms with Crippen LogP contribution in [0.15, 0.2) is 54.6 Å². The van der Waals surface area contributed by atoms with Crippen LogP contribution >= 0.6 is 0 Å². The van der Waals surface area contributed by atoms with E-state index in [0.29, 0.717) is 31.0 Å². The van der Waals surface area contributed by atoms with Gasteiger partial charge >= 0.3 is 0 Å². The van der Waals surface area contributed by atoms with Crippen LogP contribution in [0.1, 0.15) is 22.8 Å². The number of amides is 3. The lowest BCUT2D eigenvalue weighted by atomic mass is 10.0. The number of carbonyl (C=O) groups is 3. The Bertz CT molecular complexity index is 996. The number of nitrogens with zero attached hydrogens (tertiary/aromatic N) is 2. The summed E-state index contributed by atoms with van der Waals surface area (Å²) >= 11 is 0. The van der Waals surface area contributed by atoms with E-state index in [1.807, 2.05) is 30.3 Å². The molecule has 0 spiro atoms. The zero-order valence-corrected chi connectivity index (χ0v) is 18.2. The third-order valence-electron chi connectivity index (χ3n) is 5.96. The largest absolute Gasteiger partial charge is 0.497 e. The highest BCUT2D eigenvalue weighted by Crippen LogP contribution is 2.22. The van der Waals surface area contributed by atoms with Gasteiger partial charge in [-0.15, -0.1) is 0 Å². The SMILES string of the molecule is COc1cccc(C(=O)N2CCN3C(=O)[C@H]([C@@H](C)OCc4ccccc4)NC(=O)[C@H]3C2)c1. The van der Waals surface area contributed by atoms with Crippen molar-refractivity contribution < 1.29 is 23.9 Å². The van der Waals surface area contributed by atoms with Crippen LogP contribution < -0.4 is 10.1 Å². The topological polar surface area (TPSA) is 88.2 Å². The van der Waals surface area contributed by atoms with Crippen LogP contribution in [0.25, 0.3) is 0 Å². The van der Waals surface area contributed by atoms with Crippen molar-refractivity contribution >= 4 is 17.7 Å². The van der Waals surface area contributed by atoms with Gasteiger partial charge in [-0.1, -0.05) is 36.4 Å². The van der Waals surface area contributed by atoms with Crippen molar-refractivity contribution in [1.82, 2.24) is 15.1 Å². The number of hydrogen-bond donors (Lipinski definition) is 1. The third kappa shape index (κ3) is 4.45. The molecule has 1 N–H and O–H groups in total. The molecule has 0 radical (unpaired) electrons. The van der Waals surface area contributed by atoms with Crippen molar-refractivity contribution in [2.45, 2.75) is 31.7 Å². The summed E-state index contributed by atoms with van der Waals surface area (Å²) in [4.78, 5) is 42.1. The van der Waals surface area contributed by atoms with Crippen molar-refractivity contribution in [3.63, 3.8) is 0 Å². The molecule has 2 fully saturated rings. The Hall–Kier alpha value is -3.39. The molecule has 4 rings (SSSR count). The maximum Gasteiger partial charge on any atom is 0.254 e. The van der Waals surface area contributed by atoms with E-state index in [9.17, 15) is 14.4 Å². The first-order valence-electron chi connectivity index (χ1n) is 10.7. The monoisotopic (exact) mass is 437 g/mol. The van der Waals surface area contributed by atoms with Crippen LogP contribution in [-0.2, 0) is 20.9 Å². The predicted molar refractivity (Wildman–Crippen MR) is 117 cm³/mol. The molecule has 2 aromatic rings. The van der Waals surface area contributed by atoms with Crippen molar-refractivity contribution in [3.8, 4) is 5.75 Å². The fourth-order valence-corrected chi connectivity index (χ4v) is 4.10. The number of hydrogen-bond acceptors (Lipinski definition) is 5. The zero-order chi connectivity index (χ0) is 22.7. The first-order chi connectivity index (χ1) is 15.5. The molecule has 2 aliphatic rings. The number of carbonyl (C=O) groups excluding carboxylic acids is 3. The molecule has 2 heterocycles. The van der Waals surface area contributed by atoms with Crippen LogP contribution in [0.2, 0.25) is 0 Å². The van der Waals surface area contributed by atoms with Crippen molar-refractivity contribution in [3.05, 3.63) is 65.7 Å². The summed E-state index contributed by atoms with van der Waals surface area (Å²) in [5.41, 5.74) is 1.48. The Morgan fingerprint density at radius 2 is 1.91 bits per heavy atom. The fourth-order valence-electron chi connectivity index (χ4n) is 4.10. The minimum absolute atomic E-state index is 0.152. The molecule has 0 bridgehead atoms. The molecule has 3 atom stereocenters. The lowest BCUT2D eigenvalue weighted by Gasteiger charge is -2.46. The average Bonchev–Trinajstić information content (AvgIpc) is 2.84. The lowest BCUT2D eigenvalue weighted by molar-refractivity contribution is -0.156. The summed E-state index contributed by atoms with van der Waals surface area (Å²) in [5, 5.41) is 2.81. The number of nitrogens with one attached hydrogen (secondary N) is 1. The summed E-state index contributed by atoms with van der Waals surface area (Å²) in [7, 11) is 1.54. The van der Waals surface area contributed by atoms with Crippen LogP contribution in [-0.4, -0.2) is 72.5 Å². The molecule has 0 aliphatic carbocycles. The smallest absolute Gasteiger partial charge is 0.254 e. The van der Waals surface area contributed by atoms with Crippen LogP contribution in [0, 0.1) is 0 Å². The Morgan fingerprint density at radius 3 is 2.66 bits per heavy atom. The number of piperazine rings is 2. The van der Waals surface area contributed by atoms with Crippen LogP contribution in [0.5, 0.6) is 5.75 Å². The van der Waals surface area contributed by atoms with E-state index in [2.05, 4.69) is 5.32 Å². The lowest BCUT2D eigenvalue weighted by Crippen LogP contribution is -2.71. The van der Waals surface area contributed by atoms with E-state index in [0.717, 1.165) is 5.56 Å². The molecule has 168 valence electrons. The number of benzene rings is 2. The maximum absolute atomic E-state index is 13.1. The van der Waals surface area contributed by atoms with Crippen LogP contribution in [0.3, 0.4) is 0 Å². The van der Waals surface area contributed by atoms with Crippen molar-refractivity contribution in [2.75, 3.05) is 26.7 Å². The Balaban J connectivity index is 1.40. The molecule has 8 heteroatoms. The molecule has 2 aliphatic heterocycles. The third-order valence-corrected chi connectivity index (χ3v) is 5.96. The first kappa shape index (κ1) is 21.8. The predicted octanol–water partition coefficient (Wildman–Crippen LogP) is 1.45. The Kier molecular flexibility index (Phi) is 6.41. The molecule has 2 aromatic carbocycles. The van der Waals surface area contributed by atoms with E-state index in [1.54, 1.807) is 48.1 Å². The molecule has 3 amide bonds. The molecular formula is C24H27N3O5. The second-order valence-corrected chi connectivity index (χ2v) is 8.02. The Labute approximate surface area is 187 Å². The van der Waals surface area contributed by atoms with Gasteiger partial charge in [-0.3, -0.25) is 14.4 Å². The highest BCUT2D eigenvalue weighted by Gasteiger charge is 2.46. The fraction of sp³-hybridized carbons (Fsp3) is 0.375. The molecular weight excluding hydrogens is 410 g/mol. The van der Waals surface area contributed by atoms with Gasteiger partial charge in [0.05, 0.1) is 26.4 Å². The maximum atomic E-state index is 13.1. The normalized spacial score (nSPS) is 21.6. The van der Waals surface area contributed by atoms with Gasteiger partial charge in [-0.2, -0.15) is 0 Å². The summed E-state index contributed by atoms with van der Waals surface area (Å²) in [6.07, 6.45) is -0.482. The van der Waals surface area contributed by atoms with E-state index in [1.165, 1.54) is 0 Å². The summed E-state index contributed by atoms with van der Waals surface area (Å²) < 4.78 is 11.1. The van der Waals surface area contributed by atoms with Crippen molar-refractivity contribution in [2.24, 2.45) is 0 Å². The summed E-state index contributed by atoms with van der Waals surface area (Å²) in [6, 6.07) is 15.1. The van der Waals surface area contributed by atoms with Crippen molar-refractivity contribution in [1.29, 1.82) is 0 Å². The highest BCUT2D eigenvalue weighted by atomic mass is 16.5. The Morgan fingerprint density at radius 1 is 1.12 bits per heavy atom. The second kappa shape index (κ2) is 9.40. The van der Waals surface area contributed by atoms with Crippen LogP contribution in [0.4, 0.5) is 0 Å². The molecule has 32 heavy (non-hydrogen) atoms. The van der Waals surface area contributed by atoms with E-state index in [4.69, 9.17) is 9.47 Å². The zero-order valence-electron chi connectivity index (χ0n) is 18.2. The molecule has 0 unspecified atom stereocenters. The van der Waals surface area contributed by atoms with E-state index >= 15 is 0 Å². The molecule has 0 saturated carbocycles. The first-order valence-corrected chi connectivity index (χ1v) is 10.7. The van der Waals surface area contributed by atoms with Gasteiger partial charge in [0.25, 0.3) is 5.91 Å². The van der Waals surface area contributed by atoms with Gasteiger partial charge in [0.1, 0.15) is 17.8 Å². The summed E-state index contributed by atoms with van der Waals surface area (Å²) in [5.74, 6) is -0.0468. The van der Waals surface area contributed by atoms with Gasteiger partial charge in [0.15, 0.2) is 0 Å². The van der Waals surface area contributed by atoms with E-state index < -0.39 is 18.2 Å². The standard InChI is InChI=1S/C24H27N3O5/c1-16(32-15-17-7-4-3-5-8-17)21-24(30)27-12-11-26(14-20(27)22(28)25-21)23(29)18-9-6-10-19(13-18)31-2/h3-10,13,16,20-21H,11-12,14-15H2,1-2H3,(H,25,28)/t16-,20-,21+/m1/s1. The van der Waals surface area contributed by atoms with Gasteiger partial charge in [0.2, 0.25) is 11.8 Å². The number of fused-ring (bicyclic) bond motifs is 1. The molecule has 8 nitrogen and oxygen atoms in total. The number of rotatable bonds is 6. The number of methoxy groups -OCH3 is 1. The number of ether oxygens (including phenoxy) is 2. The average molecular weight is 437 g/mol. The minimum atomic E-state index is -0.747. The van der Waals surface area contributed by atoms with Gasteiger partial charge in [0, 0.05) is 18.7 Å². The molecule has 2 saturated heterocycles. The minimum Gasteiger partial charge on any atom is -0.497 e. The summed E-state index contributed by atoms with van der Waals surface area (Å²) in [6.45, 7) is 2.95. The highest BCUT2D eigenvalue weighted by molar-refractivity contribution is 5.99. The van der Waals surface area contributed by atoms with Gasteiger partial charge in [-0.05, 0) is 30.7 Å². The quantitative estimate of drug-likeness (QED) is 0.739. The molecule has 0 aromatic heterocycles. The van der Waals surface area contributed by atoms with Gasteiger partial charge in [-0.25, -0.2) is 0 Å². The van der Waals surface area contributed by atoms with Gasteiger partial charge < -0.3 is 24.6 Å². The second-order valence-electron chi connectivity index (χ2n) is 8.02.